The van der Waals surface area contributed by atoms with Crippen LogP contribution in [0.2, 0.25) is 0 Å². The van der Waals surface area contributed by atoms with Crippen LogP contribution in [0, 0.1) is 0 Å². The van der Waals surface area contributed by atoms with E-state index in [4.69, 9.17) is 12.2 Å². The molecule has 2 nitrogen and oxygen atoms in total. The van der Waals surface area contributed by atoms with Crippen molar-refractivity contribution in [3.63, 3.8) is 0 Å². The quantitative estimate of drug-likeness (QED) is 0.834. The Labute approximate surface area is 118 Å². The highest BCUT2D eigenvalue weighted by Gasteiger charge is 2.24. The van der Waals surface area contributed by atoms with Crippen LogP contribution in [0.1, 0.15) is 31.2 Å². The average Bonchev–Trinajstić information content (AvgIpc) is 2.40. The summed E-state index contributed by atoms with van der Waals surface area (Å²) in [5, 5.41) is 13.4. The summed E-state index contributed by atoms with van der Waals surface area (Å²) in [6.07, 6.45) is 4.14. The number of benzene rings is 1. The highest BCUT2D eigenvalue weighted by atomic mass is 32.2. The summed E-state index contributed by atoms with van der Waals surface area (Å²) in [5.41, 5.74) is 1.23. The first-order valence-corrected chi connectivity index (χ1v) is 7.71. The van der Waals surface area contributed by atoms with Crippen LogP contribution in [0.15, 0.2) is 30.3 Å². The molecule has 0 saturated heterocycles. The van der Waals surface area contributed by atoms with Crippen molar-refractivity contribution in [3.8, 4) is 0 Å². The van der Waals surface area contributed by atoms with E-state index in [1.54, 1.807) is 11.8 Å². The van der Waals surface area contributed by atoms with Gasteiger partial charge >= 0.3 is 0 Å². The van der Waals surface area contributed by atoms with E-state index in [9.17, 15) is 5.11 Å². The number of hydrogen-bond acceptors (Lipinski definition) is 3. The first kappa shape index (κ1) is 13.8. The van der Waals surface area contributed by atoms with Gasteiger partial charge in [0.15, 0.2) is 0 Å². The predicted molar refractivity (Wildman–Crippen MR) is 81.7 cm³/mol. The maximum absolute atomic E-state index is 9.89. The molecule has 1 saturated carbocycles. The lowest BCUT2D eigenvalue weighted by molar-refractivity contribution is 0.137. The zero-order valence-electron chi connectivity index (χ0n) is 10.3. The minimum atomic E-state index is -0.194. The standard InChI is InChI=1S/C14H19NOS2/c16-12-8-4-5-9-13(12)18-14(17)15-10-11-6-2-1-3-7-11/h1-3,6-7,12-13,16H,4-5,8-10H2,(H,15,17). The molecule has 2 N–H and O–H groups in total. The third kappa shape index (κ3) is 4.26. The van der Waals surface area contributed by atoms with Gasteiger partial charge in [-0.3, -0.25) is 0 Å². The first-order chi connectivity index (χ1) is 8.75. The normalized spacial score (nSPS) is 23.6. The van der Waals surface area contributed by atoms with E-state index in [1.807, 2.05) is 18.2 Å². The molecular formula is C14H19NOS2. The van der Waals surface area contributed by atoms with Crippen molar-refractivity contribution in [2.75, 3.05) is 0 Å². The molecule has 1 aliphatic rings. The molecule has 2 rings (SSSR count). The second-order valence-electron chi connectivity index (χ2n) is 4.63. The van der Waals surface area contributed by atoms with E-state index in [-0.39, 0.29) is 11.4 Å². The lowest BCUT2D eigenvalue weighted by Gasteiger charge is -2.27. The average molecular weight is 281 g/mol. The van der Waals surface area contributed by atoms with E-state index in [0.717, 1.165) is 30.1 Å². The molecule has 2 unspecified atom stereocenters. The molecule has 4 heteroatoms. The molecule has 0 spiro atoms. The summed E-state index contributed by atoms with van der Waals surface area (Å²) in [4.78, 5) is 0. The number of hydrogen-bond donors (Lipinski definition) is 2. The fourth-order valence-corrected chi connectivity index (χ4v) is 3.62. The van der Waals surface area contributed by atoms with Crippen molar-refractivity contribution in [1.82, 2.24) is 5.32 Å². The lowest BCUT2D eigenvalue weighted by Crippen LogP contribution is -2.30. The van der Waals surface area contributed by atoms with E-state index < -0.39 is 0 Å². The van der Waals surface area contributed by atoms with Gasteiger partial charge in [0.1, 0.15) is 4.32 Å². The maximum Gasteiger partial charge on any atom is 0.134 e. The van der Waals surface area contributed by atoms with Gasteiger partial charge in [-0.15, -0.1) is 0 Å². The molecule has 1 aromatic carbocycles. The number of thiocarbonyl (C=S) groups is 1. The minimum Gasteiger partial charge on any atom is -0.392 e. The Bertz CT molecular complexity index is 383. The van der Waals surface area contributed by atoms with Crippen molar-refractivity contribution in [2.24, 2.45) is 0 Å². The Morgan fingerprint density at radius 3 is 2.72 bits per heavy atom. The molecule has 0 aliphatic heterocycles. The number of nitrogens with one attached hydrogen (secondary N) is 1. The Morgan fingerprint density at radius 1 is 1.28 bits per heavy atom. The topological polar surface area (TPSA) is 32.3 Å². The van der Waals surface area contributed by atoms with Crippen LogP contribution >= 0.6 is 24.0 Å². The molecule has 98 valence electrons. The molecule has 0 amide bonds. The van der Waals surface area contributed by atoms with E-state index in [0.29, 0.717) is 0 Å². The molecule has 0 heterocycles. The number of thioether (sulfide) groups is 1. The Balaban J connectivity index is 1.75. The summed E-state index contributed by atoms with van der Waals surface area (Å²) < 4.78 is 0.796. The van der Waals surface area contributed by atoms with Crippen LogP contribution in [0.4, 0.5) is 0 Å². The van der Waals surface area contributed by atoms with Gasteiger partial charge in [0, 0.05) is 11.8 Å². The Morgan fingerprint density at radius 2 is 2.00 bits per heavy atom. The second-order valence-corrected chi connectivity index (χ2v) is 6.55. The SMILES string of the molecule is OC1CCCCC1SC(=S)NCc1ccccc1. The fraction of sp³-hybridized carbons (Fsp3) is 0.500. The zero-order valence-corrected chi connectivity index (χ0v) is 12.0. The predicted octanol–water partition coefficient (Wildman–Crippen LogP) is 3.10. The Kier molecular flexibility index (Phi) is 5.47. The van der Waals surface area contributed by atoms with Crippen molar-refractivity contribution < 1.29 is 5.11 Å². The molecule has 0 aromatic heterocycles. The molecule has 18 heavy (non-hydrogen) atoms. The summed E-state index contributed by atoms with van der Waals surface area (Å²) >= 11 is 6.95. The lowest BCUT2D eigenvalue weighted by atomic mass is 9.97. The highest BCUT2D eigenvalue weighted by Crippen LogP contribution is 2.29. The van der Waals surface area contributed by atoms with E-state index >= 15 is 0 Å². The van der Waals surface area contributed by atoms with Crippen molar-refractivity contribution in [1.29, 1.82) is 0 Å². The summed E-state index contributed by atoms with van der Waals surface area (Å²) in [7, 11) is 0. The van der Waals surface area contributed by atoms with Gasteiger partial charge in [-0.2, -0.15) is 0 Å². The van der Waals surface area contributed by atoms with Gasteiger partial charge in [0.2, 0.25) is 0 Å². The Hall–Kier alpha value is -0.580. The van der Waals surface area contributed by atoms with Crippen LogP contribution < -0.4 is 5.32 Å². The van der Waals surface area contributed by atoms with E-state index in [1.165, 1.54) is 12.0 Å². The maximum atomic E-state index is 9.89. The third-order valence-corrected chi connectivity index (χ3v) is 4.85. The first-order valence-electron chi connectivity index (χ1n) is 6.42. The zero-order chi connectivity index (χ0) is 12.8. The van der Waals surface area contributed by atoms with Crippen LogP contribution in [0.25, 0.3) is 0 Å². The largest absolute Gasteiger partial charge is 0.392 e. The van der Waals surface area contributed by atoms with Crippen molar-refractivity contribution in [3.05, 3.63) is 35.9 Å². The van der Waals surface area contributed by atoms with Gasteiger partial charge in [0.05, 0.1) is 6.10 Å². The van der Waals surface area contributed by atoms with Crippen LogP contribution in [0.3, 0.4) is 0 Å². The number of aliphatic hydroxyl groups is 1. The molecule has 1 aliphatic carbocycles. The minimum absolute atomic E-state index is 0.194. The molecule has 1 fully saturated rings. The van der Waals surface area contributed by atoms with Gasteiger partial charge in [-0.1, -0.05) is 67.2 Å². The molecular weight excluding hydrogens is 262 g/mol. The van der Waals surface area contributed by atoms with Crippen LogP contribution in [-0.4, -0.2) is 20.8 Å². The second kappa shape index (κ2) is 7.12. The van der Waals surface area contributed by atoms with Gasteiger partial charge in [-0.05, 0) is 18.4 Å². The van der Waals surface area contributed by atoms with Gasteiger partial charge in [0.25, 0.3) is 0 Å². The highest BCUT2D eigenvalue weighted by molar-refractivity contribution is 8.23. The van der Waals surface area contributed by atoms with Gasteiger partial charge < -0.3 is 10.4 Å². The number of aliphatic hydroxyl groups excluding tert-OH is 1. The smallest absolute Gasteiger partial charge is 0.134 e. The van der Waals surface area contributed by atoms with Crippen molar-refractivity contribution >= 4 is 28.3 Å². The summed E-state index contributed by atoms with van der Waals surface area (Å²) in [6, 6.07) is 10.2. The molecule has 2 atom stereocenters. The van der Waals surface area contributed by atoms with Crippen molar-refractivity contribution in [2.45, 2.75) is 43.6 Å². The third-order valence-electron chi connectivity index (χ3n) is 3.21. The number of rotatable bonds is 3. The molecule has 1 aromatic rings. The monoisotopic (exact) mass is 281 g/mol. The van der Waals surface area contributed by atoms with Crippen LogP contribution in [-0.2, 0) is 6.54 Å². The van der Waals surface area contributed by atoms with E-state index in [2.05, 4.69) is 17.4 Å². The van der Waals surface area contributed by atoms with Crippen LogP contribution in [0.5, 0.6) is 0 Å². The van der Waals surface area contributed by atoms with Gasteiger partial charge in [-0.25, -0.2) is 0 Å². The summed E-state index contributed by atoms with van der Waals surface area (Å²) in [5.74, 6) is 0. The summed E-state index contributed by atoms with van der Waals surface area (Å²) in [6.45, 7) is 0.759. The molecule has 0 bridgehead atoms. The fourth-order valence-electron chi connectivity index (χ4n) is 2.16. The molecule has 0 radical (unpaired) electrons.